The van der Waals surface area contributed by atoms with Crippen LogP contribution in [0.2, 0.25) is 0 Å². The van der Waals surface area contributed by atoms with Gasteiger partial charge in [-0.05, 0) is 12.8 Å². The Morgan fingerprint density at radius 3 is 2.00 bits per heavy atom. The van der Waals surface area contributed by atoms with Crippen molar-refractivity contribution in [2.24, 2.45) is 0 Å². The fraction of sp³-hybridized carbons (Fsp3) is 0.875. The first-order valence-corrected chi connectivity index (χ1v) is 4.12. The van der Waals surface area contributed by atoms with E-state index in [0.29, 0.717) is 5.91 Å². The number of carbonyl (C=O) groups excluding carboxylic acids is 1. The second-order valence-electron chi connectivity index (χ2n) is 2.88. The van der Waals surface area contributed by atoms with Gasteiger partial charge in [-0.3, -0.25) is 4.79 Å². The molecule has 0 aromatic carbocycles. The number of rotatable bonds is 0. The Hall–Kier alpha value is -0.570. The summed E-state index contributed by atoms with van der Waals surface area (Å²) in [5, 5.41) is 0. The first-order valence-electron chi connectivity index (χ1n) is 4.12. The first-order chi connectivity index (χ1) is 5.30. The number of hydrogen-bond donors (Lipinski definition) is 0. The summed E-state index contributed by atoms with van der Waals surface area (Å²) in [5.41, 5.74) is 0. The standard InChI is InChI=1S/C5H9NO.C3H6O/c1-6-4-2-3-5(6)7;1-2-4-3-1/h2-4H2,1H3;1-3H2. The molecule has 64 valence electrons. The van der Waals surface area contributed by atoms with Gasteiger partial charge in [0.05, 0.1) is 0 Å². The van der Waals surface area contributed by atoms with Crippen LogP contribution < -0.4 is 0 Å². The lowest BCUT2D eigenvalue weighted by Crippen LogP contribution is -2.17. The van der Waals surface area contributed by atoms with E-state index in [4.69, 9.17) is 4.74 Å². The predicted octanol–water partition coefficient (Wildman–Crippen LogP) is 0.645. The molecule has 2 saturated heterocycles. The van der Waals surface area contributed by atoms with E-state index in [1.54, 1.807) is 4.90 Å². The van der Waals surface area contributed by atoms with E-state index in [1.165, 1.54) is 6.42 Å². The van der Waals surface area contributed by atoms with Crippen LogP contribution in [0, 0.1) is 0 Å². The molecular formula is C8H15NO2. The van der Waals surface area contributed by atoms with Gasteiger partial charge in [-0.15, -0.1) is 0 Å². The van der Waals surface area contributed by atoms with Crippen LogP contribution in [-0.2, 0) is 9.53 Å². The van der Waals surface area contributed by atoms with Gasteiger partial charge in [0.1, 0.15) is 0 Å². The van der Waals surface area contributed by atoms with Gasteiger partial charge in [-0.25, -0.2) is 0 Å². The molecule has 2 heterocycles. The molecule has 0 atom stereocenters. The molecule has 0 bridgehead atoms. The quantitative estimate of drug-likeness (QED) is 0.516. The van der Waals surface area contributed by atoms with Gasteiger partial charge in [0.15, 0.2) is 0 Å². The summed E-state index contributed by atoms with van der Waals surface area (Å²) in [6.45, 7) is 2.96. The van der Waals surface area contributed by atoms with Crippen LogP contribution in [0.1, 0.15) is 19.3 Å². The molecule has 2 rings (SSSR count). The van der Waals surface area contributed by atoms with E-state index in [0.717, 1.165) is 32.6 Å². The normalized spacial score (nSPS) is 22.3. The molecule has 0 N–H and O–H groups in total. The lowest BCUT2D eigenvalue weighted by molar-refractivity contribution is -0.126. The molecule has 0 unspecified atom stereocenters. The minimum absolute atomic E-state index is 0.292. The molecule has 0 aromatic rings. The van der Waals surface area contributed by atoms with Crippen molar-refractivity contribution in [3.63, 3.8) is 0 Å². The smallest absolute Gasteiger partial charge is 0.222 e. The maximum atomic E-state index is 10.5. The number of nitrogens with zero attached hydrogens (tertiary/aromatic N) is 1. The average molecular weight is 157 g/mol. The van der Waals surface area contributed by atoms with Gasteiger partial charge in [0, 0.05) is 33.2 Å². The Kier molecular flexibility index (Phi) is 3.36. The Morgan fingerprint density at radius 1 is 1.36 bits per heavy atom. The van der Waals surface area contributed by atoms with Crippen LogP contribution in [0.3, 0.4) is 0 Å². The summed E-state index contributed by atoms with van der Waals surface area (Å²) in [4.78, 5) is 12.3. The SMILES string of the molecule is C1COC1.CN1CCCC1=O. The van der Waals surface area contributed by atoms with Crippen LogP contribution in [0.25, 0.3) is 0 Å². The zero-order chi connectivity index (χ0) is 8.10. The van der Waals surface area contributed by atoms with Crippen molar-refractivity contribution in [3.8, 4) is 0 Å². The highest BCUT2D eigenvalue weighted by molar-refractivity contribution is 5.77. The van der Waals surface area contributed by atoms with Gasteiger partial charge >= 0.3 is 0 Å². The molecule has 0 spiro atoms. The van der Waals surface area contributed by atoms with Gasteiger partial charge in [-0.2, -0.15) is 0 Å². The number of carbonyl (C=O) groups is 1. The van der Waals surface area contributed by atoms with Crippen molar-refractivity contribution < 1.29 is 9.53 Å². The third kappa shape index (κ3) is 2.89. The topological polar surface area (TPSA) is 29.5 Å². The summed E-state index contributed by atoms with van der Waals surface area (Å²) >= 11 is 0. The number of ether oxygens (including phenoxy) is 1. The predicted molar refractivity (Wildman–Crippen MR) is 42.3 cm³/mol. The number of hydrogen-bond acceptors (Lipinski definition) is 2. The summed E-state index contributed by atoms with van der Waals surface area (Å²) in [7, 11) is 1.84. The van der Waals surface area contributed by atoms with Gasteiger partial charge < -0.3 is 9.64 Å². The molecule has 2 aliphatic rings. The number of likely N-dealkylation sites (tertiary alicyclic amines) is 1. The zero-order valence-corrected chi connectivity index (χ0v) is 7.01. The Morgan fingerprint density at radius 2 is 1.91 bits per heavy atom. The van der Waals surface area contributed by atoms with Crippen molar-refractivity contribution >= 4 is 5.91 Å². The highest BCUT2D eigenvalue weighted by Crippen LogP contribution is 2.04. The van der Waals surface area contributed by atoms with Gasteiger partial charge in [0.25, 0.3) is 0 Å². The van der Waals surface area contributed by atoms with Crippen LogP contribution in [0.15, 0.2) is 0 Å². The maximum Gasteiger partial charge on any atom is 0.222 e. The van der Waals surface area contributed by atoms with Crippen LogP contribution in [0.5, 0.6) is 0 Å². The van der Waals surface area contributed by atoms with Crippen molar-refractivity contribution in [2.45, 2.75) is 19.3 Å². The average Bonchev–Trinajstić information content (AvgIpc) is 2.12. The molecule has 2 aliphatic heterocycles. The van der Waals surface area contributed by atoms with Gasteiger partial charge in [0.2, 0.25) is 5.91 Å². The fourth-order valence-electron chi connectivity index (χ4n) is 0.927. The lowest BCUT2D eigenvalue weighted by Gasteiger charge is -2.09. The molecule has 3 nitrogen and oxygen atoms in total. The molecular weight excluding hydrogens is 142 g/mol. The minimum atomic E-state index is 0.292. The van der Waals surface area contributed by atoms with Crippen molar-refractivity contribution in [1.82, 2.24) is 4.90 Å². The van der Waals surface area contributed by atoms with Gasteiger partial charge in [-0.1, -0.05) is 0 Å². The third-order valence-electron chi connectivity index (χ3n) is 1.89. The molecule has 3 heteroatoms. The summed E-state index contributed by atoms with van der Waals surface area (Å²) in [5.74, 6) is 0.292. The van der Waals surface area contributed by atoms with Crippen LogP contribution in [0.4, 0.5) is 0 Å². The van der Waals surface area contributed by atoms with Crippen molar-refractivity contribution in [3.05, 3.63) is 0 Å². The summed E-state index contributed by atoms with van der Waals surface area (Å²) in [6, 6.07) is 0. The van der Waals surface area contributed by atoms with E-state index in [2.05, 4.69) is 0 Å². The molecule has 0 aliphatic carbocycles. The second kappa shape index (κ2) is 4.34. The minimum Gasteiger partial charge on any atom is -0.381 e. The van der Waals surface area contributed by atoms with Crippen LogP contribution in [-0.4, -0.2) is 37.6 Å². The molecule has 0 radical (unpaired) electrons. The fourth-order valence-corrected chi connectivity index (χ4v) is 0.927. The largest absolute Gasteiger partial charge is 0.381 e. The van der Waals surface area contributed by atoms with E-state index < -0.39 is 0 Å². The Labute approximate surface area is 67.3 Å². The van der Waals surface area contributed by atoms with E-state index >= 15 is 0 Å². The molecule has 2 fully saturated rings. The Bertz CT molecular complexity index is 128. The number of amides is 1. The second-order valence-corrected chi connectivity index (χ2v) is 2.88. The highest BCUT2D eigenvalue weighted by atomic mass is 16.5. The third-order valence-corrected chi connectivity index (χ3v) is 1.89. The monoisotopic (exact) mass is 157 g/mol. The maximum absolute atomic E-state index is 10.5. The summed E-state index contributed by atoms with van der Waals surface area (Å²) in [6.07, 6.45) is 3.09. The van der Waals surface area contributed by atoms with Crippen LogP contribution >= 0.6 is 0 Å². The van der Waals surface area contributed by atoms with Crippen molar-refractivity contribution in [1.29, 1.82) is 0 Å². The molecule has 11 heavy (non-hydrogen) atoms. The van der Waals surface area contributed by atoms with E-state index in [1.807, 2.05) is 7.05 Å². The zero-order valence-electron chi connectivity index (χ0n) is 7.01. The van der Waals surface area contributed by atoms with Crippen molar-refractivity contribution in [2.75, 3.05) is 26.8 Å². The van der Waals surface area contributed by atoms with E-state index in [9.17, 15) is 4.79 Å². The first kappa shape index (κ1) is 8.53. The molecule has 0 saturated carbocycles. The lowest BCUT2D eigenvalue weighted by atomic mass is 10.4. The van der Waals surface area contributed by atoms with E-state index in [-0.39, 0.29) is 0 Å². The Balaban J connectivity index is 0.000000128. The molecule has 0 aromatic heterocycles. The molecule has 1 amide bonds. The summed E-state index contributed by atoms with van der Waals surface area (Å²) < 4.78 is 4.72. The highest BCUT2D eigenvalue weighted by Gasteiger charge is 2.14.